The lowest BCUT2D eigenvalue weighted by atomic mass is 9.98. The van der Waals surface area contributed by atoms with Crippen molar-refractivity contribution in [2.45, 2.75) is 58.7 Å². The van der Waals surface area contributed by atoms with Crippen molar-refractivity contribution in [1.29, 1.82) is 0 Å². The van der Waals surface area contributed by atoms with Crippen LogP contribution in [0.1, 0.15) is 38.3 Å². The highest BCUT2D eigenvalue weighted by Crippen LogP contribution is 2.41. The first-order valence-corrected chi connectivity index (χ1v) is 10.2. The first-order valence-electron chi connectivity index (χ1n) is 7.28. The number of rotatable bonds is 2. The van der Waals surface area contributed by atoms with Crippen LogP contribution in [0.3, 0.4) is 0 Å². The van der Waals surface area contributed by atoms with Gasteiger partial charge in [-0.2, -0.15) is 0 Å². The average molecular weight is 277 g/mol. The second-order valence-electron chi connectivity index (χ2n) is 7.13. The topological polar surface area (TPSA) is 21.3 Å². The zero-order chi connectivity index (χ0) is 14.3. The minimum absolute atomic E-state index is 0.236. The summed E-state index contributed by atoms with van der Waals surface area (Å²) < 4.78 is 6.50. The highest BCUT2D eigenvalue weighted by Gasteiger charge is 2.39. The number of aryl methyl sites for hydroxylation is 1. The van der Waals surface area contributed by atoms with Gasteiger partial charge >= 0.3 is 0 Å². The van der Waals surface area contributed by atoms with Crippen LogP contribution >= 0.6 is 0 Å². The van der Waals surface area contributed by atoms with Crippen LogP contribution in [-0.4, -0.2) is 14.9 Å². The van der Waals surface area contributed by atoms with Gasteiger partial charge in [0.2, 0.25) is 0 Å². The van der Waals surface area contributed by atoms with Gasteiger partial charge in [-0.1, -0.05) is 26.8 Å². The zero-order valence-electron chi connectivity index (χ0n) is 13.2. The first kappa shape index (κ1) is 14.4. The maximum Gasteiger partial charge on any atom is 0.250 e. The molecule has 0 amide bonds. The molecule has 19 heavy (non-hydrogen) atoms. The third kappa shape index (κ3) is 2.81. The van der Waals surface area contributed by atoms with E-state index in [9.17, 15) is 0 Å². The molecule has 3 heteroatoms. The molecule has 2 rings (SSSR count). The number of anilines is 1. The van der Waals surface area contributed by atoms with Gasteiger partial charge in [0.1, 0.15) is 5.75 Å². The Bertz CT molecular complexity index is 474. The van der Waals surface area contributed by atoms with E-state index in [0.29, 0.717) is 0 Å². The molecule has 1 N–H and O–H groups in total. The van der Waals surface area contributed by atoms with E-state index in [1.807, 2.05) is 0 Å². The summed E-state index contributed by atoms with van der Waals surface area (Å²) in [5.74, 6) is 1.06. The molecule has 1 aromatic rings. The fourth-order valence-corrected chi connectivity index (χ4v) is 3.26. The molecule has 1 aliphatic heterocycles. The largest absolute Gasteiger partial charge is 0.542 e. The summed E-state index contributed by atoms with van der Waals surface area (Å²) in [6.45, 7) is 14.7. The second-order valence-corrected chi connectivity index (χ2v) is 11.9. The Morgan fingerprint density at radius 1 is 1.21 bits per heavy atom. The Morgan fingerprint density at radius 3 is 2.53 bits per heavy atom. The molecule has 1 aliphatic rings. The molecule has 0 aliphatic carbocycles. The summed E-state index contributed by atoms with van der Waals surface area (Å²) >= 11 is 0. The van der Waals surface area contributed by atoms with Gasteiger partial charge in [-0.15, -0.1) is 0 Å². The van der Waals surface area contributed by atoms with Crippen molar-refractivity contribution in [3.8, 4) is 5.75 Å². The van der Waals surface area contributed by atoms with Crippen molar-refractivity contribution in [2.75, 3.05) is 11.9 Å². The standard InChI is InChI=1S/C16H27NOSi/c1-12-9-10-14(15-13(12)8-7-11-17-15)18-19(5,6)16(2,3)4/h9-10,17H,7-8,11H2,1-6H3. The summed E-state index contributed by atoms with van der Waals surface area (Å²) in [6, 6.07) is 4.35. The first-order chi connectivity index (χ1) is 8.72. The molecule has 0 atom stereocenters. The van der Waals surface area contributed by atoms with E-state index >= 15 is 0 Å². The van der Waals surface area contributed by atoms with Crippen molar-refractivity contribution in [1.82, 2.24) is 0 Å². The van der Waals surface area contributed by atoms with Crippen molar-refractivity contribution in [2.24, 2.45) is 0 Å². The number of nitrogens with one attached hydrogen (secondary N) is 1. The molecule has 0 saturated carbocycles. The van der Waals surface area contributed by atoms with Gasteiger partial charge in [0.05, 0.1) is 5.69 Å². The van der Waals surface area contributed by atoms with Gasteiger partial charge in [0.15, 0.2) is 0 Å². The summed E-state index contributed by atoms with van der Waals surface area (Å²) in [5, 5.41) is 3.78. The Hall–Kier alpha value is -0.963. The van der Waals surface area contributed by atoms with Crippen LogP contribution in [0, 0.1) is 6.92 Å². The maximum absolute atomic E-state index is 6.50. The Morgan fingerprint density at radius 2 is 1.89 bits per heavy atom. The van der Waals surface area contributed by atoms with Crippen molar-refractivity contribution in [3.05, 3.63) is 23.3 Å². The highest BCUT2D eigenvalue weighted by molar-refractivity contribution is 6.74. The summed E-state index contributed by atoms with van der Waals surface area (Å²) in [7, 11) is -1.76. The van der Waals surface area contributed by atoms with Crippen LogP contribution in [0.15, 0.2) is 12.1 Å². The summed E-state index contributed by atoms with van der Waals surface area (Å²) in [5.41, 5.74) is 4.07. The fourth-order valence-electron chi connectivity index (χ4n) is 2.24. The summed E-state index contributed by atoms with van der Waals surface area (Å²) in [4.78, 5) is 0. The van der Waals surface area contributed by atoms with E-state index in [-0.39, 0.29) is 5.04 Å². The van der Waals surface area contributed by atoms with E-state index in [2.05, 4.69) is 58.2 Å². The number of benzene rings is 1. The van der Waals surface area contributed by atoms with Gasteiger partial charge in [0.25, 0.3) is 8.32 Å². The molecule has 1 heterocycles. The monoisotopic (exact) mass is 277 g/mol. The molecular formula is C16H27NOSi. The average Bonchev–Trinajstić information content (AvgIpc) is 2.32. The molecule has 0 spiro atoms. The summed E-state index contributed by atoms with van der Waals surface area (Å²) in [6.07, 6.45) is 2.39. The van der Waals surface area contributed by atoms with Crippen LogP contribution in [0.2, 0.25) is 18.1 Å². The predicted octanol–water partition coefficient (Wildman–Crippen LogP) is 4.74. The zero-order valence-corrected chi connectivity index (χ0v) is 14.2. The molecular weight excluding hydrogens is 250 g/mol. The molecule has 0 saturated heterocycles. The Labute approximate surface area is 118 Å². The third-order valence-corrected chi connectivity index (χ3v) is 8.93. The lowest BCUT2D eigenvalue weighted by molar-refractivity contribution is 0.492. The van der Waals surface area contributed by atoms with Crippen LogP contribution in [0.5, 0.6) is 5.75 Å². The lowest BCUT2D eigenvalue weighted by Crippen LogP contribution is -2.44. The third-order valence-electron chi connectivity index (χ3n) is 4.59. The number of hydrogen-bond donors (Lipinski definition) is 1. The quantitative estimate of drug-likeness (QED) is 0.789. The van der Waals surface area contributed by atoms with E-state index in [1.165, 1.54) is 29.7 Å². The SMILES string of the molecule is Cc1ccc(O[Si](C)(C)C(C)(C)C)c2c1CCCN2. The molecule has 0 unspecified atom stereocenters. The Kier molecular flexibility index (Phi) is 3.69. The lowest BCUT2D eigenvalue weighted by Gasteiger charge is -2.37. The molecule has 0 radical (unpaired) electrons. The molecule has 106 valence electrons. The van der Waals surface area contributed by atoms with Crippen molar-refractivity contribution < 1.29 is 4.43 Å². The van der Waals surface area contributed by atoms with Crippen LogP contribution < -0.4 is 9.74 Å². The minimum atomic E-state index is -1.76. The smallest absolute Gasteiger partial charge is 0.250 e. The minimum Gasteiger partial charge on any atom is -0.542 e. The van der Waals surface area contributed by atoms with Gasteiger partial charge < -0.3 is 9.74 Å². The molecule has 2 nitrogen and oxygen atoms in total. The molecule has 0 aromatic heterocycles. The highest BCUT2D eigenvalue weighted by atomic mass is 28.4. The fraction of sp³-hybridized carbons (Fsp3) is 0.625. The van der Waals surface area contributed by atoms with Crippen LogP contribution in [-0.2, 0) is 6.42 Å². The van der Waals surface area contributed by atoms with Crippen LogP contribution in [0.4, 0.5) is 5.69 Å². The van der Waals surface area contributed by atoms with Gasteiger partial charge in [-0.3, -0.25) is 0 Å². The Balaban J connectivity index is 2.37. The van der Waals surface area contributed by atoms with Gasteiger partial charge in [0, 0.05) is 6.54 Å². The molecule has 0 bridgehead atoms. The van der Waals surface area contributed by atoms with Crippen molar-refractivity contribution >= 4 is 14.0 Å². The van der Waals surface area contributed by atoms with Gasteiger partial charge in [-0.25, -0.2) is 0 Å². The van der Waals surface area contributed by atoms with E-state index in [1.54, 1.807) is 0 Å². The van der Waals surface area contributed by atoms with Crippen LogP contribution in [0.25, 0.3) is 0 Å². The number of fused-ring (bicyclic) bond motifs is 1. The normalized spacial score (nSPS) is 15.7. The molecule has 0 fully saturated rings. The van der Waals surface area contributed by atoms with E-state index < -0.39 is 8.32 Å². The van der Waals surface area contributed by atoms with Crippen molar-refractivity contribution in [3.63, 3.8) is 0 Å². The van der Waals surface area contributed by atoms with E-state index in [4.69, 9.17) is 4.43 Å². The maximum atomic E-state index is 6.50. The van der Waals surface area contributed by atoms with Gasteiger partial charge in [-0.05, 0) is 55.1 Å². The van der Waals surface area contributed by atoms with E-state index in [0.717, 1.165) is 12.3 Å². The molecule has 1 aromatic carbocycles. The predicted molar refractivity (Wildman–Crippen MR) is 85.8 cm³/mol. The number of hydrogen-bond acceptors (Lipinski definition) is 2. The second kappa shape index (κ2) is 4.86.